The summed E-state index contributed by atoms with van der Waals surface area (Å²) in [5, 5.41) is 9.26. The van der Waals surface area contributed by atoms with Crippen molar-refractivity contribution in [2.24, 2.45) is 11.8 Å². The molecule has 0 bridgehead atoms. The van der Waals surface area contributed by atoms with Gasteiger partial charge in [-0.25, -0.2) is 4.98 Å². The topological polar surface area (TPSA) is 62.7 Å². The molecule has 0 amide bonds. The number of ether oxygens (including phenoxy) is 1. The molecule has 0 unspecified atom stereocenters. The fourth-order valence-corrected chi connectivity index (χ4v) is 5.55. The van der Waals surface area contributed by atoms with Crippen molar-refractivity contribution < 1.29 is 27.8 Å². The van der Waals surface area contributed by atoms with Gasteiger partial charge in [-0.3, -0.25) is 4.79 Å². The second kappa shape index (κ2) is 7.48. The van der Waals surface area contributed by atoms with Gasteiger partial charge in [0, 0.05) is 30.4 Å². The number of carboxylic acid groups (broad SMARTS) is 1. The van der Waals surface area contributed by atoms with Gasteiger partial charge in [0.05, 0.1) is 17.2 Å². The minimum Gasteiger partial charge on any atom is -0.481 e. The zero-order valence-electron chi connectivity index (χ0n) is 18.0. The minimum atomic E-state index is -4.43. The van der Waals surface area contributed by atoms with Crippen LogP contribution in [0, 0.1) is 11.8 Å². The van der Waals surface area contributed by atoms with Crippen LogP contribution < -0.4 is 9.64 Å². The number of nitrogens with zero attached hydrogens (tertiary/aromatic N) is 2. The average Bonchev–Trinajstić information content (AvgIpc) is 3.18. The van der Waals surface area contributed by atoms with E-state index in [-0.39, 0.29) is 30.0 Å². The van der Waals surface area contributed by atoms with E-state index >= 15 is 0 Å². The van der Waals surface area contributed by atoms with E-state index in [4.69, 9.17) is 4.74 Å². The standard InChI is InChI=1S/C26H21F3N2O3/c27-26(28,29)19-3-1-2-4-20(19)31-8-7-15-6-5-14(9-21(15)31)13-34-22-11-16-10-17-23(18(16)12-30-22)24(17)25(32)33/h1-6,9,11-12,17,23-24H,7-8,10,13H2,(H,32,33)/t17-,23-,24+/m1/s1. The number of hydrogen-bond donors (Lipinski definition) is 1. The second-order valence-electron chi connectivity index (χ2n) is 9.15. The Labute approximate surface area is 193 Å². The van der Waals surface area contributed by atoms with Gasteiger partial charge in [-0.05, 0) is 59.2 Å². The van der Waals surface area contributed by atoms with Gasteiger partial charge in [0.15, 0.2) is 0 Å². The molecule has 3 atom stereocenters. The molecule has 34 heavy (non-hydrogen) atoms. The van der Waals surface area contributed by atoms with Crippen molar-refractivity contribution in [3.63, 3.8) is 0 Å². The molecule has 0 spiro atoms. The number of aliphatic carboxylic acids is 1. The smallest absolute Gasteiger partial charge is 0.418 e. The maximum absolute atomic E-state index is 13.6. The van der Waals surface area contributed by atoms with Crippen molar-refractivity contribution in [1.29, 1.82) is 0 Å². The van der Waals surface area contributed by atoms with Crippen LogP contribution in [0.4, 0.5) is 24.5 Å². The molecular weight excluding hydrogens is 445 g/mol. The molecule has 0 radical (unpaired) electrons. The molecule has 8 heteroatoms. The molecule has 2 heterocycles. The number of pyridine rings is 1. The number of anilines is 2. The summed E-state index contributed by atoms with van der Waals surface area (Å²) in [5.41, 5.74) is 4.21. The molecule has 174 valence electrons. The minimum absolute atomic E-state index is 0.0660. The number of carbonyl (C=O) groups is 1. The molecular formula is C26H21F3N2O3. The van der Waals surface area contributed by atoms with Gasteiger partial charge in [0.25, 0.3) is 0 Å². The number of aromatic nitrogens is 1. The maximum atomic E-state index is 13.6. The highest BCUT2D eigenvalue weighted by atomic mass is 19.4. The van der Waals surface area contributed by atoms with E-state index in [1.54, 1.807) is 17.2 Å². The number of benzene rings is 2. The van der Waals surface area contributed by atoms with Crippen molar-refractivity contribution >= 4 is 17.3 Å². The Kier molecular flexibility index (Phi) is 4.62. The lowest BCUT2D eigenvalue weighted by Gasteiger charge is -2.24. The van der Waals surface area contributed by atoms with Gasteiger partial charge in [-0.2, -0.15) is 13.2 Å². The summed E-state index contributed by atoms with van der Waals surface area (Å²) in [5.74, 6) is -0.350. The fourth-order valence-electron chi connectivity index (χ4n) is 5.55. The molecule has 1 N–H and O–H groups in total. The predicted molar refractivity (Wildman–Crippen MR) is 118 cm³/mol. The number of rotatable bonds is 5. The lowest BCUT2D eigenvalue weighted by Crippen LogP contribution is -2.19. The Balaban J connectivity index is 1.20. The van der Waals surface area contributed by atoms with E-state index in [0.29, 0.717) is 18.8 Å². The number of para-hydroxylation sites is 1. The van der Waals surface area contributed by atoms with Gasteiger partial charge in [-0.15, -0.1) is 0 Å². The van der Waals surface area contributed by atoms with Crippen LogP contribution in [0.25, 0.3) is 0 Å². The number of halogens is 3. The third kappa shape index (κ3) is 3.40. The normalized spacial score (nSPS) is 22.2. The molecule has 2 aliphatic carbocycles. The zero-order chi connectivity index (χ0) is 23.6. The Bertz CT molecular complexity index is 1310. The van der Waals surface area contributed by atoms with Crippen LogP contribution in [-0.2, 0) is 30.4 Å². The summed E-state index contributed by atoms with van der Waals surface area (Å²) in [4.78, 5) is 17.4. The van der Waals surface area contributed by atoms with Crippen LogP contribution in [0.1, 0.15) is 33.7 Å². The first kappa shape index (κ1) is 21.0. The van der Waals surface area contributed by atoms with E-state index in [2.05, 4.69) is 4.98 Å². The van der Waals surface area contributed by atoms with E-state index in [9.17, 15) is 23.1 Å². The van der Waals surface area contributed by atoms with Crippen molar-refractivity contribution in [3.8, 4) is 5.88 Å². The van der Waals surface area contributed by atoms with Gasteiger partial charge in [-0.1, -0.05) is 24.3 Å². The highest BCUT2D eigenvalue weighted by Gasteiger charge is 2.59. The number of fused-ring (bicyclic) bond motifs is 4. The molecule has 2 aromatic carbocycles. The number of hydrogen-bond acceptors (Lipinski definition) is 4. The zero-order valence-corrected chi connectivity index (χ0v) is 18.0. The summed E-state index contributed by atoms with van der Waals surface area (Å²) in [6, 6.07) is 13.3. The number of carboxylic acids is 1. The summed E-state index contributed by atoms with van der Waals surface area (Å²) in [6.07, 6.45) is -1.31. The Morgan fingerprint density at radius 2 is 1.94 bits per heavy atom. The highest BCUT2D eigenvalue weighted by Crippen LogP contribution is 2.61. The lowest BCUT2D eigenvalue weighted by atomic mass is 10.0. The predicted octanol–water partition coefficient (Wildman–Crippen LogP) is 5.34. The van der Waals surface area contributed by atoms with Crippen molar-refractivity contribution in [3.05, 3.63) is 82.5 Å². The molecule has 3 aromatic rings. The molecule has 0 saturated heterocycles. The quantitative estimate of drug-likeness (QED) is 0.550. The van der Waals surface area contributed by atoms with E-state index in [0.717, 1.165) is 40.4 Å². The molecule has 1 aliphatic heterocycles. The fraction of sp³-hybridized carbons (Fsp3) is 0.308. The van der Waals surface area contributed by atoms with Crippen LogP contribution in [0.5, 0.6) is 5.88 Å². The largest absolute Gasteiger partial charge is 0.481 e. The van der Waals surface area contributed by atoms with Crippen LogP contribution >= 0.6 is 0 Å². The van der Waals surface area contributed by atoms with Crippen molar-refractivity contribution in [1.82, 2.24) is 4.98 Å². The first-order valence-corrected chi connectivity index (χ1v) is 11.2. The third-order valence-electron chi connectivity index (χ3n) is 7.20. The van der Waals surface area contributed by atoms with E-state index < -0.39 is 17.7 Å². The average molecular weight is 466 g/mol. The SMILES string of the molecule is O=C(O)[C@H]1[C@@H]2Cc3cc(OCc4ccc5c(c4)N(c4ccccc4C(F)(F)F)CC5)ncc3[C@@H]21. The first-order valence-electron chi connectivity index (χ1n) is 11.2. The van der Waals surface area contributed by atoms with Gasteiger partial charge in [0.1, 0.15) is 6.61 Å². The third-order valence-corrected chi connectivity index (χ3v) is 7.20. The summed E-state index contributed by atoms with van der Waals surface area (Å²) in [7, 11) is 0. The van der Waals surface area contributed by atoms with E-state index in [1.807, 2.05) is 24.3 Å². The molecule has 1 fully saturated rings. The summed E-state index contributed by atoms with van der Waals surface area (Å²) in [6.45, 7) is 0.719. The van der Waals surface area contributed by atoms with E-state index in [1.165, 1.54) is 12.1 Å². The molecule has 1 aromatic heterocycles. The van der Waals surface area contributed by atoms with Crippen LogP contribution in [0.2, 0.25) is 0 Å². The molecule has 3 aliphatic rings. The van der Waals surface area contributed by atoms with Gasteiger partial charge in [0.2, 0.25) is 5.88 Å². The molecule has 5 nitrogen and oxygen atoms in total. The van der Waals surface area contributed by atoms with Crippen LogP contribution in [0.3, 0.4) is 0 Å². The Morgan fingerprint density at radius 1 is 1.12 bits per heavy atom. The summed E-state index contributed by atoms with van der Waals surface area (Å²) < 4.78 is 46.6. The van der Waals surface area contributed by atoms with Gasteiger partial charge < -0.3 is 14.7 Å². The van der Waals surface area contributed by atoms with Crippen molar-refractivity contribution in [2.75, 3.05) is 11.4 Å². The Morgan fingerprint density at radius 3 is 2.74 bits per heavy atom. The van der Waals surface area contributed by atoms with Crippen molar-refractivity contribution in [2.45, 2.75) is 31.5 Å². The highest BCUT2D eigenvalue weighted by molar-refractivity contribution is 5.78. The number of alkyl halides is 3. The molecule has 1 saturated carbocycles. The lowest BCUT2D eigenvalue weighted by molar-refractivity contribution is -0.139. The van der Waals surface area contributed by atoms with Crippen LogP contribution in [0.15, 0.2) is 54.7 Å². The van der Waals surface area contributed by atoms with Gasteiger partial charge >= 0.3 is 12.1 Å². The monoisotopic (exact) mass is 466 g/mol. The van der Waals surface area contributed by atoms with Crippen LogP contribution in [-0.4, -0.2) is 22.6 Å². The Hall–Kier alpha value is -3.55. The second-order valence-corrected chi connectivity index (χ2v) is 9.15. The maximum Gasteiger partial charge on any atom is 0.418 e. The first-order chi connectivity index (χ1) is 16.3. The summed E-state index contributed by atoms with van der Waals surface area (Å²) >= 11 is 0. The molecule has 6 rings (SSSR count).